The molecule has 0 saturated carbocycles. The van der Waals surface area contributed by atoms with Crippen LogP contribution in [-0.2, 0) is 6.54 Å². The molecule has 3 aromatic heterocycles. The van der Waals surface area contributed by atoms with Crippen LogP contribution in [0.25, 0.3) is 11.2 Å². The highest BCUT2D eigenvalue weighted by Crippen LogP contribution is 2.43. The van der Waals surface area contributed by atoms with Crippen molar-refractivity contribution in [1.29, 1.82) is 0 Å². The van der Waals surface area contributed by atoms with Gasteiger partial charge in [0.2, 0.25) is 0 Å². The lowest BCUT2D eigenvalue weighted by Gasteiger charge is -2.49. The van der Waals surface area contributed by atoms with Crippen LogP contribution >= 0.6 is 11.6 Å². The van der Waals surface area contributed by atoms with Crippen molar-refractivity contribution in [3.8, 4) is 0 Å². The van der Waals surface area contributed by atoms with Gasteiger partial charge in [0.1, 0.15) is 23.7 Å². The van der Waals surface area contributed by atoms with E-state index in [1.54, 1.807) is 12.4 Å². The summed E-state index contributed by atoms with van der Waals surface area (Å²) in [5.74, 6) is 1.69. The molecule has 2 aliphatic heterocycles. The highest BCUT2D eigenvalue weighted by atomic mass is 35.5. The number of pyridine rings is 1. The summed E-state index contributed by atoms with van der Waals surface area (Å²) in [6.07, 6.45) is 3.43. The Morgan fingerprint density at radius 3 is 2.69 bits per heavy atom. The normalized spacial score (nSPS) is 18.2. The minimum absolute atomic E-state index is 0.188. The van der Waals surface area contributed by atoms with Crippen LogP contribution in [0.1, 0.15) is 12.0 Å². The van der Waals surface area contributed by atoms with Crippen LogP contribution in [0.3, 0.4) is 0 Å². The number of rotatable bonds is 4. The number of fused-ring (bicyclic) bond motifs is 1. The molecule has 29 heavy (non-hydrogen) atoms. The second-order valence-corrected chi connectivity index (χ2v) is 8.41. The third-order valence-corrected chi connectivity index (χ3v) is 5.98. The molecule has 0 bridgehead atoms. The van der Waals surface area contributed by atoms with Crippen LogP contribution in [0.2, 0.25) is 5.02 Å². The largest absolute Gasteiger partial charge is 0.355 e. The van der Waals surface area contributed by atoms with E-state index in [4.69, 9.17) is 11.6 Å². The minimum atomic E-state index is -2.48. The van der Waals surface area contributed by atoms with Gasteiger partial charge in [-0.1, -0.05) is 11.6 Å². The van der Waals surface area contributed by atoms with Crippen molar-refractivity contribution in [3.63, 3.8) is 0 Å². The van der Waals surface area contributed by atoms with E-state index in [1.165, 1.54) is 10.9 Å². The summed E-state index contributed by atoms with van der Waals surface area (Å²) in [7, 11) is 0. The predicted molar refractivity (Wildman–Crippen MR) is 107 cm³/mol. The van der Waals surface area contributed by atoms with E-state index in [1.807, 2.05) is 13.0 Å². The molecular weight excluding hydrogens is 400 g/mol. The number of aromatic nitrogens is 5. The summed E-state index contributed by atoms with van der Waals surface area (Å²) in [6, 6.07) is 1.93. The van der Waals surface area contributed by atoms with Crippen LogP contribution in [0.4, 0.5) is 20.4 Å². The van der Waals surface area contributed by atoms with Crippen molar-refractivity contribution in [2.45, 2.75) is 26.3 Å². The Morgan fingerprint density at radius 2 is 1.93 bits per heavy atom. The van der Waals surface area contributed by atoms with Crippen LogP contribution < -0.4 is 9.80 Å². The van der Waals surface area contributed by atoms with Gasteiger partial charge in [0.25, 0.3) is 6.43 Å². The molecule has 5 heterocycles. The molecule has 5 rings (SSSR count). The maximum atomic E-state index is 12.8. The molecule has 0 aliphatic carbocycles. The van der Waals surface area contributed by atoms with Crippen molar-refractivity contribution in [3.05, 3.63) is 35.2 Å². The first-order valence-electron chi connectivity index (χ1n) is 9.51. The number of hydrogen-bond acceptors (Lipinski definition) is 6. The Labute approximate surface area is 171 Å². The molecule has 0 amide bonds. The molecule has 0 unspecified atom stereocenters. The molecule has 2 fully saturated rings. The Bertz CT molecular complexity index is 1060. The van der Waals surface area contributed by atoms with E-state index >= 15 is 0 Å². The molecule has 1 spiro atoms. The van der Waals surface area contributed by atoms with Gasteiger partial charge in [-0.05, 0) is 25.0 Å². The second-order valence-electron chi connectivity index (χ2n) is 7.98. The second kappa shape index (κ2) is 6.76. The van der Waals surface area contributed by atoms with E-state index in [9.17, 15) is 8.78 Å². The fourth-order valence-corrected chi connectivity index (χ4v) is 4.64. The molecular formula is C19H20ClF2N7. The summed E-state index contributed by atoms with van der Waals surface area (Å²) < 4.78 is 26.8. The van der Waals surface area contributed by atoms with Gasteiger partial charge >= 0.3 is 0 Å². The first-order chi connectivity index (χ1) is 13.9. The van der Waals surface area contributed by atoms with E-state index in [0.717, 1.165) is 44.0 Å². The third-order valence-electron chi connectivity index (χ3n) is 5.78. The molecule has 0 N–H and O–H groups in total. The molecule has 2 saturated heterocycles. The summed E-state index contributed by atoms with van der Waals surface area (Å²) in [4.78, 5) is 17.9. The van der Waals surface area contributed by atoms with E-state index in [-0.39, 0.29) is 5.41 Å². The van der Waals surface area contributed by atoms with Gasteiger partial charge in [-0.15, -0.1) is 0 Å². The Morgan fingerprint density at radius 1 is 1.14 bits per heavy atom. The first kappa shape index (κ1) is 18.5. The van der Waals surface area contributed by atoms with Crippen molar-refractivity contribution < 1.29 is 8.78 Å². The molecule has 152 valence electrons. The molecule has 7 nitrogen and oxygen atoms in total. The number of halogens is 3. The van der Waals surface area contributed by atoms with Crippen molar-refractivity contribution in [2.75, 3.05) is 36.0 Å². The van der Waals surface area contributed by atoms with Gasteiger partial charge < -0.3 is 9.80 Å². The molecule has 0 atom stereocenters. The summed E-state index contributed by atoms with van der Waals surface area (Å²) in [5.41, 5.74) is 2.20. The van der Waals surface area contributed by atoms with E-state index in [2.05, 4.69) is 29.9 Å². The van der Waals surface area contributed by atoms with Gasteiger partial charge in [0.15, 0.2) is 5.65 Å². The zero-order valence-electron chi connectivity index (χ0n) is 15.9. The van der Waals surface area contributed by atoms with Crippen molar-refractivity contribution in [1.82, 2.24) is 24.7 Å². The van der Waals surface area contributed by atoms with Crippen LogP contribution in [0, 0.1) is 12.3 Å². The Hall–Kier alpha value is -2.55. The Kier molecular flexibility index (Phi) is 4.31. The third kappa shape index (κ3) is 3.27. The molecule has 0 radical (unpaired) electrons. The lowest BCUT2D eigenvalue weighted by molar-refractivity contribution is 0.123. The number of nitrogens with zero attached hydrogens (tertiary/aromatic N) is 7. The first-order valence-corrected chi connectivity index (χ1v) is 9.89. The smallest absolute Gasteiger partial charge is 0.258 e. The predicted octanol–water partition coefficient (Wildman–Crippen LogP) is 3.16. The Balaban J connectivity index is 1.31. The molecule has 0 aromatic carbocycles. The SMILES string of the molecule is Cc1cc(Cl)cnc1N1CC2(CCN(c3cnc4cnn(CC(F)F)c4n3)C2)C1. The quantitative estimate of drug-likeness (QED) is 0.647. The number of alkyl halides is 2. The summed E-state index contributed by atoms with van der Waals surface area (Å²) in [5, 5.41) is 4.63. The molecule has 3 aromatic rings. The van der Waals surface area contributed by atoms with E-state index < -0.39 is 13.0 Å². The molecule has 2 aliphatic rings. The van der Waals surface area contributed by atoms with Crippen LogP contribution in [0.15, 0.2) is 24.7 Å². The van der Waals surface area contributed by atoms with Crippen molar-refractivity contribution >= 4 is 34.4 Å². The number of hydrogen-bond donors (Lipinski definition) is 0. The van der Waals surface area contributed by atoms with Gasteiger partial charge in [-0.3, -0.25) is 0 Å². The fraction of sp³-hybridized carbons (Fsp3) is 0.474. The average Bonchev–Trinajstić information content (AvgIpc) is 3.25. The maximum absolute atomic E-state index is 12.8. The summed E-state index contributed by atoms with van der Waals surface area (Å²) >= 11 is 6.01. The summed E-state index contributed by atoms with van der Waals surface area (Å²) in [6.45, 7) is 5.13. The van der Waals surface area contributed by atoms with Crippen LogP contribution in [-0.4, -0.2) is 57.3 Å². The monoisotopic (exact) mass is 419 g/mol. The number of anilines is 2. The topological polar surface area (TPSA) is 63.0 Å². The number of aryl methyl sites for hydroxylation is 1. The zero-order valence-corrected chi connectivity index (χ0v) is 16.6. The fourth-order valence-electron chi connectivity index (χ4n) is 4.42. The average molecular weight is 420 g/mol. The lowest BCUT2D eigenvalue weighted by atomic mass is 9.79. The standard InChI is InChI=1S/C19H20ClF2N7/c1-12-4-13(20)5-24-17(12)28-10-19(11-28)2-3-27(9-19)16-7-23-14-6-25-29(8-15(21)22)18(14)26-16/h4-7,15H,2-3,8-11H2,1H3. The van der Waals surface area contributed by atoms with Crippen molar-refractivity contribution in [2.24, 2.45) is 5.41 Å². The van der Waals surface area contributed by atoms with Gasteiger partial charge in [0, 0.05) is 37.8 Å². The highest BCUT2D eigenvalue weighted by Gasteiger charge is 2.48. The maximum Gasteiger partial charge on any atom is 0.258 e. The highest BCUT2D eigenvalue weighted by molar-refractivity contribution is 6.30. The van der Waals surface area contributed by atoms with Gasteiger partial charge in [-0.25, -0.2) is 28.4 Å². The van der Waals surface area contributed by atoms with Gasteiger partial charge in [-0.2, -0.15) is 5.10 Å². The molecule has 10 heteroatoms. The van der Waals surface area contributed by atoms with Crippen LogP contribution in [0.5, 0.6) is 0 Å². The van der Waals surface area contributed by atoms with E-state index in [0.29, 0.717) is 22.0 Å². The minimum Gasteiger partial charge on any atom is -0.355 e. The zero-order chi connectivity index (χ0) is 20.2. The lowest BCUT2D eigenvalue weighted by Crippen LogP contribution is -2.58. The van der Waals surface area contributed by atoms with Gasteiger partial charge in [0.05, 0.1) is 17.4 Å².